The van der Waals surface area contributed by atoms with E-state index in [0.29, 0.717) is 0 Å². The first-order chi connectivity index (χ1) is 27.7. The summed E-state index contributed by atoms with van der Waals surface area (Å²) in [6, 6.07) is 64.1. The third kappa shape index (κ3) is 4.88. The van der Waals surface area contributed by atoms with Crippen molar-refractivity contribution in [3.05, 3.63) is 188 Å². The lowest BCUT2D eigenvalue weighted by molar-refractivity contribution is 0.483. The van der Waals surface area contributed by atoms with Crippen molar-refractivity contribution in [2.24, 2.45) is 7.05 Å². The smallest absolute Gasteiger partial charge is 0.184 e. The van der Waals surface area contributed by atoms with E-state index >= 15 is 0 Å². The fraction of sp³-hybridized carbons (Fsp3) is 0.0204. The molecule has 4 heterocycles. The van der Waals surface area contributed by atoms with Gasteiger partial charge in [-0.3, -0.25) is 4.90 Å². The van der Waals surface area contributed by atoms with Crippen LogP contribution in [0.15, 0.2) is 193 Å². The Morgan fingerprint density at radius 2 is 1.27 bits per heavy atom. The second-order valence-electron chi connectivity index (χ2n) is 14.3. The van der Waals surface area contributed by atoms with Gasteiger partial charge in [0.25, 0.3) is 0 Å². The molecule has 56 heavy (non-hydrogen) atoms. The molecule has 0 aliphatic carbocycles. The molecule has 11 rings (SSSR count). The molecule has 0 fully saturated rings. The highest BCUT2D eigenvalue weighted by Crippen LogP contribution is 2.42. The Kier molecular flexibility index (Phi) is 7.30. The molecule has 0 radical (unpaired) electrons. The Balaban J connectivity index is 1.16. The van der Waals surface area contributed by atoms with Crippen LogP contribution in [0.3, 0.4) is 0 Å². The summed E-state index contributed by atoms with van der Waals surface area (Å²) in [6.07, 6.45) is 1.86. The van der Waals surface area contributed by atoms with Crippen LogP contribution in [-0.4, -0.2) is 22.6 Å². The summed E-state index contributed by atoms with van der Waals surface area (Å²) in [5, 5.41) is 7.33. The van der Waals surface area contributed by atoms with Crippen LogP contribution >= 0.6 is 0 Å². The lowest BCUT2D eigenvalue weighted by Crippen LogP contribution is -2.77. The van der Waals surface area contributed by atoms with Gasteiger partial charge in [0.15, 0.2) is 8.07 Å². The lowest BCUT2D eigenvalue weighted by atomic mass is 10.1. The van der Waals surface area contributed by atoms with Crippen LogP contribution in [0.1, 0.15) is 0 Å². The second kappa shape index (κ2) is 12.7. The highest BCUT2D eigenvalue weighted by atomic mass is 28.3. The van der Waals surface area contributed by atoms with Crippen LogP contribution in [0.5, 0.6) is 11.5 Å². The summed E-state index contributed by atoms with van der Waals surface area (Å²) in [5.74, 6) is 3.16. The number of nitrogens with zero attached hydrogens (tertiary/aromatic N) is 4. The van der Waals surface area contributed by atoms with Gasteiger partial charge in [0.2, 0.25) is 0 Å². The SMILES string of the molecule is Cn1c(-c2cccc(Oc3ccc4c(c3)N(c3ccccn3)c3cc5oc6ccccc6c5cc3[Si]4(c3ccccc3)c3ccccc3)c2)nc2ccccc21. The Labute approximate surface area is 324 Å². The van der Waals surface area contributed by atoms with Crippen molar-refractivity contribution in [2.45, 2.75) is 0 Å². The summed E-state index contributed by atoms with van der Waals surface area (Å²) in [7, 11) is -0.941. The van der Waals surface area contributed by atoms with E-state index in [4.69, 9.17) is 19.1 Å². The molecular weight excluding hydrogens is 705 g/mol. The van der Waals surface area contributed by atoms with Gasteiger partial charge in [-0.15, -0.1) is 0 Å². The molecule has 1 aliphatic heterocycles. The van der Waals surface area contributed by atoms with Gasteiger partial charge in [-0.25, -0.2) is 9.97 Å². The van der Waals surface area contributed by atoms with Crippen molar-refractivity contribution >= 4 is 79.0 Å². The number of imidazole rings is 1. The Morgan fingerprint density at radius 1 is 0.554 bits per heavy atom. The number of ether oxygens (including phenoxy) is 1. The number of fused-ring (bicyclic) bond motifs is 6. The Hall–Kier alpha value is -7.22. The summed E-state index contributed by atoms with van der Waals surface area (Å²) in [5.41, 5.74) is 6.81. The number of hydrogen-bond donors (Lipinski definition) is 0. The first-order valence-electron chi connectivity index (χ1n) is 18.8. The minimum atomic E-state index is -3.00. The van der Waals surface area contributed by atoms with E-state index in [1.54, 1.807) is 0 Å². The third-order valence-corrected chi connectivity index (χ3v) is 16.0. The van der Waals surface area contributed by atoms with E-state index < -0.39 is 8.07 Å². The van der Waals surface area contributed by atoms with Crippen LogP contribution < -0.4 is 30.4 Å². The van der Waals surface area contributed by atoms with Gasteiger partial charge in [0, 0.05) is 41.7 Å². The number of furan rings is 1. The van der Waals surface area contributed by atoms with Crippen molar-refractivity contribution in [1.82, 2.24) is 14.5 Å². The molecule has 6 nitrogen and oxygen atoms in total. The molecule has 3 aromatic heterocycles. The quantitative estimate of drug-likeness (QED) is 0.159. The highest BCUT2D eigenvalue weighted by Gasteiger charge is 2.49. The van der Waals surface area contributed by atoms with Crippen molar-refractivity contribution < 1.29 is 9.15 Å². The molecule has 0 spiro atoms. The first-order valence-corrected chi connectivity index (χ1v) is 20.8. The number of aromatic nitrogens is 3. The van der Waals surface area contributed by atoms with E-state index in [1.165, 1.54) is 20.7 Å². The van der Waals surface area contributed by atoms with Crippen molar-refractivity contribution in [3.63, 3.8) is 0 Å². The minimum Gasteiger partial charge on any atom is -0.457 e. The van der Waals surface area contributed by atoms with E-state index in [2.05, 4.69) is 144 Å². The van der Waals surface area contributed by atoms with Gasteiger partial charge in [-0.2, -0.15) is 0 Å². The fourth-order valence-corrected chi connectivity index (χ4v) is 13.8. The van der Waals surface area contributed by atoms with Crippen LogP contribution in [0.4, 0.5) is 17.2 Å². The van der Waals surface area contributed by atoms with Crippen molar-refractivity contribution in [3.8, 4) is 22.9 Å². The van der Waals surface area contributed by atoms with Gasteiger partial charge in [-0.1, -0.05) is 115 Å². The van der Waals surface area contributed by atoms with Crippen LogP contribution in [0.25, 0.3) is 44.4 Å². The molecule has 0 amide bonds. The van der Waals surface area contributed by atoms with Gasteiger partial charge in [-0.05, 0) is 75.3 Å². The third-order valence-electron chi connectivity index (χ3n) is 11.2. The van der Waals surface area contributed by atoms with Gasteiger partial charge >= 0.3 is 0 Å². The molecule has 0 unspecified atom stereocenters. The zero-order valence-corrected chi connectivity index (χ0v) is 31.5. The zero-order valence-electron chi connectivity index (χ0n) is 30.5. The summed E-state index contributed by atoms with van der Waals surface area (Å²) >= 11 is 0. The molecule has 7 aromatic carbocycles. The molecule has 266 valence electrons. The molecule has 7 heteroatoms. The van der Waals surface area contributed by atoms with E-state index in [1.807, 2.05) is 60.8 Å². The molecule has 0 saturated heterocycles. The zero-order chi connectivity index (χ0) is 37.2. The number of aryl methyl sites for hydroxylation is 1. The van der Waals surface area contributed by atoms with Gasteiger partial charge < -0.3 is 13.7 Å². The normalized spacial score (nSPS) is 13.2. The highest BCUT2D eigenvalue weighted by molar-refractivity contribution is 7.21. The number of anilines is 3. The van der Waals surface area contributed by atoms with E-state index in [0.717, 1.165) is 73.1 Å². The van der Waals surface area contributed by atoms with Crippen molar-refractivity contribution in [2.75, 3.05) is 4.90 Å². The fourth-order valence-electron chi connectivity index (χ4n) is 8.73. The molecule has 0 saturated carbocycles. The molecule has 0 bridgehead atoms. The number of hydrogen-bond acceptors (Lipinski definition) is 5. The number of rotatable bonds is 6. The van der Waals surface area contributed by atoms with Crippen LogP contribution in [0, 0.1) is 0 Å². The molecule has 10 aromatic rings. The average molecular weight is 739 g/mol. The van der Waals surface area contributed by atoms with E-state index in [9.17, 15) is 0 Å². The summed E-state index contributed by atoms with van der Waals surface area (Å²) in [6.45, 7) is 0. The maximum Gasteiger partial charge on any atom is 0.184 e. The predicted molar refractivity (Wildman–Crippen MR) is 230 cm³/mol. The number of benzene rings is 7. The molecule has 0 atom stereocenters. The number of para-hydroxylation sites is 3. The molecular formula is C49H34N4O2Si. The second-order valence-corrected chi connectivity index (χ2v) is 18.0. The minimum absolute atomic E-state index is 0.726. The Morgan fingerprint density at radius 3 is 2.05 bits per heavy atom. The lowest BCUT2D eigenvalue weighted by Gasteiger charge is -2.44. The number of pyridine rings is 1. The standard InChI is InChI=1S/C49H34N4O2Si/c1-52-41-23-10-9-22-40(41)51-49(52)33-15-14-16-34(29-33)54-35-26-27-46-42(30-35)53(48-25-12-13-28-50-48)43-32-45-39(38-21-8-11-24-44(38)55-45)31-47(43)56(46,36-17-4-2-5-18-36)37-19-6-3-7-20-37/h2-32H,1H3. The van der Waals surface area contributed by atoms with E-state index in [-0.39, 0.29) is 0 Å². The predicted octanol–water partition coefficient (Wildman–Crippen LogP) is 9.49. The maximum absolute atomic E-state index is 6.80. The van der Waals surface area contributed by atoms with Gasteiger partial charge in [0.05, 0.1) is 22.4 Å². The maximum atomic E-state index is 6.80. The van der Waals surface area contributed by atoms with Gasteiger partial charge in [0.1, 0.15) is 34.3 Å². The van der Waals surface area contributed by atoms with Crippen molar-refractivity contribution in [1.29, 1.82) is 0 Å². The van der Waals surface area contributed by atoms with Crippen LogP contribution in [-0.2, 0) is 7.05 Å². The Bertz CT molecular complexity index is 3050. The monoisotopic (exact) mass is 738 g/mol. The largest absolute Gasteiger partial charge is 0.457 e. The van der Waals surface area contributed by atoms with Crippen LogP contribution in [0.2, 0.25) is 0 Å². The molecule has 1 aliphatic rings. The average Bonchev–Trinajstić information content (AvgIpc) is 3.80. The summed E-state index contributed by atoms with van der Waals surface area (Å²) in [4.78, 5) is 12.2. The topological polar surface area (TPSA) is 56.3 Å². The molecule has 0 N–H and O–H groups in total. The first kappa shape index (κ1) is 32.2. The summed E-state index contributed by atoms with van der Waals surface area (Å²) < 4.78 is 15.5.